The molecule has 0 saturated heterocycles. The van der Waals surface area contributed by atoms with E-state index in [1.165, 1.54) is 0 Å². The second kappa shape index (κ2) is 12.9. The Morgan fingerprint density at radius 1 is 1.11 bits per heavy atom. The van der Waals surface area contributed by atoms with Gasteiger partial charge < -0.3 is 5.48 Å². The van der Waals surface area contributed by atoms with E-state index < -0.39 is 14.5 Å². The van der Waals surface area contributed by atoms with Crippen molar-refractivity contribution in [1.82, 2.24) is 0 Å². The molecule has 0 aromatic rings. The van der Waals surface area contributed by atoms with Gasteiger partial charge in [-0.3, -0.25) is 0 Å². The van der Waals surface area contributed by atoms with Gasteiger partial charge in [-0.25, -0.2) is 0 Å². The normalized spacial score (nSPS) is 6.56. The Kier molecular flexibility index (Phi) is 43.4. The Morgan fingerprint density at radius 2 is 1.11 bits per heavy atom. The molecule has 0 aliphatic heterocycles. The molecule has 0 amide bonds. The molecule has 0 fully saturated rings. The van der Waals surface area contributed by atoms with Crippen LogP contribution in [0, 0.1) is 0 Å². The van der Waals surface area contributed by atoms with Crippen molar-refractivity contribution in [2.24, 2.45) is 0 Å². The maximum absolute atomic E-state index is 8.94. The Hall–Kier alpha value is 2.28. The van der Waals surface area contributed by atoms with Crippen LogP contribution in [0.3, 0.4) is 0 Å². The molecule has 0 aliphatic rings. The van der Waals surface area contributed by atoms with Gasteiger partial charge in [-0.1, -0.05) is 0 Å². The molecule has 61 valence electrons. The third kappa shape index (κ3) is 136. The van der Waals surface area contributed by atoms with Gasteiger partial charge in [-0.15, -0.1) is 0 Å². The first kappa shape index (κ1) is 30.2. The summed E-state index contributed by atoms with van der Waals surface area (Å²) in [4.78, 5) is 0. The molecule has 0 spiro atoms. The van der Waals surface area contributed by atoms with E-state index in [1.54, 1.807) is 0 Å². The SMILES string of the molecule is O.O=[As](O)(O)O.[AsH3].[Cu].[NaH]. The molecule has 0 saturated carbocycles. The molecule has 9 heteroatoms. The standard InChI is InChI=1S/AsH3O4.AsH3.Cu.Na.H2O.H/c2-1(3,4)5;;;;;/h(H3,2,3,4,5);1H3;;;1H2;. The molecule has 1 radical (unpaired) electrons. The van der Waals surface area contributed by atoms with E-state index in [-0.39, 0.29) is 70.1 Å². The maximum atomic E-state index is 8.94. The van der Waals surface area contributed by atoms with E-state index in [0.717, 1.165) is 0 Å². The molecular weight excluding hydrogens is 316 g/mol. The zero-order chi connectivity index (χ0) is 4.50. The Morgan fingerprint density at radius 3 is 1.11 bits per heavy atom. The molecular formula is H9As2CuNaO5. The molecule has 0 aliphatic carbocycles. The van der Waals surface area contributed by atoms with Crippen molar-refractivity contribution in [2.45, 2.75) is 0 Å². The minimum absolute atomic E-state index is 0. The monoisotopic (exact) mass is 325 g/mol. The molecule has 0 aromatic carbocycles. The summed E-state index contributed by atoms with van der Waals surface area (Å²) in [7, 11) is 0. The topological polar surface area (TPSA) is 109 Å². The van der Waals surface area contributed by atoms with Gasteiger partial charge in [0.25, 0.3) is 0 Å². The van der Waals surface area contributed by atoms with Gasteiger partial charge >= 0.3 is 78.1 Å². The van der Waals surface area contributed by atoms with Gasteiger partial charge in [0.15, 0.2) is 0 Å². The predicted molar refractivity (Wildman–Crippen MR) is 33.8 cm³/mol. The molecule has 0 rings (SSSR count). The van der Waals surface area contributed by atoms with Crippen molar-refractivity contribution in [1.29, 1.82) is 0 Å². The quantitative estimate of drug-likeness (QED) is 0.388. The average Bonchev–Trinajstić information content (AvgIpc) is 0.722. The van der Waals surface area contributed by atoms with Crippen molar-refractivity contribution in [3.8, 4) is 0 Å². The molecule has 1 unspecified atom stereocenters. The molecule has 0 heterocycles. The van der Waals surface area contributed by atoms with E-state index in [9.17, 15) is 0 Å². The third-order valence-corrected chi connectivity index (χ3v) is 0. The summed E-state index contributed by atoms with van der Waals surface area (Å²) >= 11 is -5.12. The minimum atomic E-state index is -5.12. The van der Waals surface area contributed by atoms with Crippen molar-refractivity contribution in [3.05, 3.63) is 0 Å². The second-order valence-corrected chi connectivity index (χ2v) is 2.67. The van der Waals surface area contributed by atoms with E-state index in [4.69, 9.17) is 16.0 Å². The molecule has 0 aromatic heterocycles. The van der Waals surface area contributed by atoms with Crippen LogP contribution in [-0.2, 0) is 20.8 Å². The first-order valence-corrected chi connectivity index (χ1v) is 4.07. The summed E-state index contributed by atoms with van der Waals surface area (Å²) in [5, 5.41) is 0. The van der Waals surface area contributed by atoms with Crippen LogP contribution in [-0.4, -0.2) is 79.8 Å². The summed E-state index contributed by atoms with van der Waals surface area (Å²) in [6.45, 7) is 0. The fourth-order valence-electron chi connectivity index (χ4n) is 0. The summed E-state index contributed by atoms with van der Waals surface area (Å²) in [5.74, 6) is 0. The van der Waals surface area contributed by atoms with Crippen LogP contribution >= 0.6 is 0 Å². The Labute approximate surface area is 99.3 Å². The van der Waals surface area contributed by atoms with Crippen LogP contribution in [0.4, 0.5) is 0 Å². The fraction of sp³-hybridized carbons (Fsp3) is 0. The Bertz CT molecular complexity index is 61.1. The van der Waals surface area contributed by atoms with Gasteiger partial charge in [-0.05, 0) is 0 Å². The van der Waals surface area contributed by atoms with Gasteiger partial charge in [-0.2, -0.15) is 0 Å². The predicted octanol–water partition coefficient (Wildman–Crippen LogP) is -4.83. The number of rotatable bonds is 0. The van der Waals surface area contributed by atoms with E-state index in [2.05, 4.69) is 0 Å². The van der Waals surface area contributed by atoms with Crippen LogP contribution in [0.15, 0.2) is 0 Å². The molecule has 9 heavy (non-hydrogen) atoms. The van der Waals surface area contributed by atoms with Crippen molar-refractivity contribution in [3.63, 3.8) is 0 Å². The van der Waals surface area contributed by atoms with Crippen molar-refractivity contribution >= 4 is 62.0 Å². The van der Waals surface area contributed by atoms with Crippen LogP contribution < -0.4 is 0 Å². The van der Waals surface area contributed by atoms with Gasteiger partial charge in [0.2, 0.25) is 0 Å². The Balaban J connectivity index is -0.0000000133. The van der Waals surface area contributed by atoms with Gasteiger partial charge in [0, 0.05) is 17.1 Å². The zero-order valence-corrected chi connectivity index (χ0v) is 9.49. The van der Waals surface area contributed by atoms with E-state index in [0.29, 0.717) is 0 Å². The average molecular weight is 325 g/mol. The third-order valence-electron chi connectivity index (χ3n) is 0. The summed E-state index contributed by atoms with van der Waals surface area (Å²) in [6, 6.07) is 0. The summed E-state index contributed by atoms with van der Waals surface area (Å²) in [6.07, 6.45) is 0. The molecule has 1 atom stereocenters. The number of hydrogen-bond acceptors (Lipinski definition) is 1. The van der Waals surface area contributed by atoms with Crippen LogP contribution in [0.25, 0.3) is 0 Å². The van der Waals surface area contributed by atoms with Crippen LogP contribution in [0.2, 0.25) is 0 Å². The molecule has 5 nitrogen and oxygen atoms in total. The van der Waals surface area contributed by atoms with E-state index in [1.807, 2.05) is 0 Å². The molecule has 5 N–H and O–H groups in total. The first-order chi connectivity index (χ1) is 2.00. The molecule has 0 bridgehead atoms. The van der Waals surface area contributed by atoms with Crippen LogP contribution in [0.1, 0.15) is 0 Å². The summed E-state index contributed by atoms with van der Waals surface area (Å²) in [5.41, 5.74) is 0. The fourth-order valence-corrected chi connectivity index (χ4v) is 0. The first-order valence-electron chi connectivity index (χ1n) is 0.783. The van der Waals surface area contributed by atoms with E-state index >= 15 is 0 Å². The summed E-state index contributed by atoms with van der Waals surface area (Å²) < 4.78 is 30.7. The number of hydrogen-bond donors (Lipinski definition) is 3. The zero-order valence-electron chi connectivity index (χ0n) is 3.71. The van der Waals surface area contributed by atoms with Gasteiger partial charge in [0.05, 0.1) is 0 Å². The second-order valence-electron chi connectivity index (χ2n) is 0.513. The van der Waals surface area contributed by atoms with Crippen molar-refractivity contribution < 1.29 is 38.6 Å². The van der Waals surface area contributed by atoms with Crippen LogP contribution in [0.5, 0.6) is 0 Å². The van der Waals surface area contributed by atoms with Crippen molar-refractivity contribution in [2.75, 3.05) is 0 Å². The van der Waals surface area contributed by atoms with Gasteiger partial charge in [0.1, 0.15) is 0 Å².